The highest BCUT2D eigenvalue weighted by Crippen LogP contribution is 2.27. The van der Waals surface area contributed by atoms with Gasteiger partial charge < -0.3 is 19.5 Å². The predicted octanol–water partition coefficient (Wildman–Crippen LogP) is 4.54. The summed E-state index contributed by atoms with van der Waals surface area (Å²) in [6.45, 7) is 4.20. The second-order valence-electron chi connectivity index (χ2n) is 8.26. The summed E-state index contributed by atoms with van der Waals surface area (Å²) in [7, 11) is 1.57. The van der Waals surface area contributed by atoms with Gasteiger partial charge in [-0.1, -0.05) is 32.6 Å². The number of carboxylic acids is 1. The number of fused-ring (bicyclic) bond motifs is 1. The molecule has 0 spiro atoms. The highest BCUT2D eigenvalue weighted by atomic mass is 16.6. The van der Waals surface area contributed by atoms with E-state index in [1.165, 1.54) is 19.3 Å². The van der Waals surface area contributed by atoms with Crippen molar-refractivity contribution in [3.05, 3.63) is 30.5 Å². The van der Waals surface area contributed by atoms with Crippen LogP contribution in [0.3, 0.4) is 0 Å². The Kier molecular flexibility index (Phi) is 8.67. The van der Waals surface area contributed by atoms with E-state index in [0.717, 1.165) is 31.3 Å². The zero-order valence-electron chi connectivity index (χ0n) is 18.9. The number of anilines is 1. The van der Waals surface area contributed by atoms with Crippen LogP contribution >= 0.6 is 0 Å². The average Bonchev–Trinajstić information content (AvgIpc) is 2.79. The van der Waals surface area contributed by atoms with Crippen LogP contribution in [0.2, 0.25) is 0 Å². The molecule has 0 unspecified atom stereocenters. The summed E-state index contributed by atoms with van der Waals surface area (Å²) in [4.78, 5) is 30.9. The van der Waals surface area contributed by atoms with E-state index in [1.54, 1.807) is 31.5 Å². The molecule has 1 fully saturated rings. The van der Waals surface area contributed by atoms with Gasteiger partial charge in [0, 0.05) is 24.7 Å². The Hall–Kier alpha value is -2.87. The molecule has 1 aromatic heterocycles. The van der Waals surface area contributed by atoms with Gasteiger partial charge in [0.05, 0.1) is 18.3 Å². The Morgan fingerprint density at radius 1 is 1.22 bits per heavy atom. The van der Waals surface area contributed by atoms with E-state index in [4.69, 9.17) is 9.47 Å². The fourth-order valence-corrected chi connectivity index (χ4v) is 4.16. The van der Waals surface area contributed by atoms with Gasteiger partial charge >= 0.3 is 12.1 Å². The molecule has 2 heterocycles. The first-order valence-electron chi connectivity index (χ1n) is 11.4. The lowest BCUT2D eigenvalue weighted by Crippen LogP contribution is -2.48. The van der Waals surface area contributed by atoms with Gasteiger partial charge in [-0.3, -0.25) is 15.1 Å². The number of carboxylic acid groups (broad SMARTS) is 1. The van der Waals surface area contributed by atoms with Gasteiger partial charge in [0.15, 0.2) is 0 Å². The van der Waals surface area contributed by atoms with E-state index in [2.05, 4.69) is 22.1 Å². The number of aromatic nitrogens is 1. The molecule has 0 saturated carbocycles. The van der Waals surface area contributed by atoms with E-state index in [1.807, 2.05) is 6.07 Å². The number of rotatable bonds is 10. The lowest BCUT2D eigenvalue weighted by Gasteiger charge is -2.36. The molecule has 32 heavy (non-hydrogen) atoms. The minimum atomic E-state index is -0.933. The molecular formula is C24H33N3O5. The summed E-state index contributed by atoms with van der Waals surface area (Å²) in [5, 5.41) is 13.2. The number of hydrogen-bond acceptors (Lipinski definition) is 6. The lowest BCUT2D eigenvalue weighted by atomic mass is 9.94. The van der Waals surface area contributed by atoms with Crippen molar-refractivity contribution in [1.82, 2.24) is 9.88 Å². The number of hydrogen-bond donors (Lipinski definition) is 2. The van der Waals surface area contributed by atoms with E-state index in [0.29, 0.717) is 29.9 Å². The van der Waals surface area contributed by atoms with Gasteiger partial charge in [-0.25, -0.2) is 4.79 Å². The first kappa shape index (κ1) is 23.8. The van der Waals surface area contributed by atoms with E-state index in [9.17, 15) is 14.7 Å². The van der Waals surface area contributed by atoms with Crippen molar-refractivity contribution >= 4 is 28.7 Å². The average molecular weight is 444 g/mol. The summed E-state index contributed by atoms with van der Waals surface area (Å²) in [5.74, 6) is -1.02. The molecule has 3 rings (SSSR count). The maximum absolute atomic E-state index is 12.6. The molecule has 0 bridgehead atoms. The Labute approximate surface area is 188 Å². The van der Waals surface area contributed by atoms with Crippen LogP contribution < -0.4 is 10.1 Å². The van der Waals surface area contributed by atoms with Crippen LogP contribution in [-0.4, -0.2) is 59.9 Å². The van der Waals surface area contributed by atoms with Crippen molar-refractivity contribution in [2.75, 3.05) is 32.1 Å². The highest BCUT2D eigenvalue weighted by molar-refractivity contribution is 5.99. The number of benzene rings is 1. The van der Waals surface area contributed by atoms with Gasteiger partial charge in [-0.05, 0) is 43.7 Å². The number of piperidine rings is 1. The quantitative estimate of drug-likeness (QED) is 0.520. The number of pyridine rings is 1. The van der Waals surface area contributed by atoms with Crippen molar-refractivity contribution in [3.63, 3.8) is 0 Å². The van der Waals surface area contributed by atoms with Crippen LogP contribution in [0.4, 0.5) is 10.5 Å². The molecular weight excluding hydrogens is 410 g/mol. The summed E-state index contributed by atoms with van der Waals surface area (Å²) in [6, 6.07) is 7.07. The van der Waals surface area contributed by atoms with Crippen LogP contribution in [0.5, 0.6) is 5.75 Å². The topological polar surface area (TPSA) is 101 Å². The van der Waals surface area contributed by atoms with Crippen molar-refractivity contribution in [2.45, 2.75) is 51.6 Å². The molecule has 8 heteroatoms. The molecule has 8 nitrogen and oxygen atoms in total. The fourth-order valence-electron chi connectivity index (χ4n) is 4.16. The molecule has 174 valence electrons. The molecule has 0 aliphatic carbocycles. The summed E-state index contributed by atoms with van der Waals surface area (Å²) in [6.07, 6.45) is 6.67. The van der Waals surface area contributed by atoms with Gasteiger partial charge in [0.25, 0.3) is 0 Å². The van der Waals surface area contributed by atoms with Crippen LogP contribution in [0.1, 0.15) is 45.4 Å². The van der Waals surface area contributed by atoms with E-state index < -0.39 is 24.1 Å². The van der Waals surface area contributed by atoms with Crippen LogP contribution in [0.25, 0.3) is 10.9 Å². The van der Waals surface area contributed by atoms with Crippen LogP contribution in [0, 0.1) is 5.92 Å². The molecule has 1 aliphatic heterocycles. The Morgan fingerprint density at radius 2 is 2.03 bits per heavy atom. The number of methoxy groups -OCH3 is 1. The number of nitrogens with one attached hydrogen (secondary N) is 1. The standard InChI is InChI=1S/C24H33N3O5/c1-3-4-5-6-7-13-27-14-11-22(19(16-27)23(28)29)32-24(30)26-21-10-12-25-20-9-8-17(31-2)15-18(20)21/h8-10,12,15,19,22H,3-7,11,13-14,16H2,1-2H3,(H,28,29)(H,25,26,30)/t19-,22+/m0/s1. The van der Waals surface area contributed by atoms with Crippen molar-refractivity contribution in [2.24, 2.45) is 5.92 Å². The van der Waals surface area contributed by atoms with Gasteiger partial charge in [0.2, 0.25) is 0 Å². The summed E-state index contributed by atoms with van der Waals surface area (Å²) < 4.78 is 10.8. The number of aliphatic carboxylic acids is 1. The number of unbranched alkanes of at least 4 members (excludes halogenated alkanes) is 4. The van der Waals surface area contributed by atoms with Crippen molar-refractivity contribution < 1.29 is 24.2 Å². The van der Waals surface area contributed by atoms with E-state index >= 15 is 0 Å². The minimum Gasteiger partial charge on any atom is -0.497 e. The third-order valence-electron chi connectivity index (χ3n) is 5.97. The number of likely N-dealkylation sites (tertiary alicyclic amines) is 1. The second-order valence-corrected chi connectivity index (χ2v) is 8.26. The van der Waals surface area contributed by atoms with Crippen LogP contribution in [-0.2, 0) is 9.53 Å². The SMILES string of the molecule is CCCCCCCN1CC[C@@H](OC(=O)Nc2ccnc3ccc(OC)cc23)[C@@H](C(=O)O)C1. The monoisotopic (exact) mass is 443 g/mol. The smallest absolute Gasteiger partial charge is 0.411 e. The van der Waals surface area contributed by atoms with Gasteiger partial charge in [-0.15, -0.1) is 0 Å². The molecule has 1 amide bonds. The zero-order valence-corrected chi connectivity index (χ0v) is 18.9. The highest BCUT2D eigenvalue weighted by Gasteiger charge is 2.36. The third-order valence-corrected chi connectivity index (χ3v) is 5.97. The Bertz CT molecular complexity index is 920. The Balaban J connectivity index is 1.58. The first-order chi connectivity index (χ1) is 15.5. The van der Waals surface area contributed by atoms with E-state index in [-0.39, 0.29) is 0 Å². The number of carbonyl (C=O) groups is 2. The van der Waals surface area contributed by atoms with Crippen molar-refractivity contribution in [1.29, 1.82) is 0 Å². The predicted molar refractivity (Wildman–Crippen MR) is 123 cm³/mol. The molecule has 0 radical (unpaired) electrons. The molecule has 2 atom stereocenters. The fraction of sp³-hybridized carbons (Fsp3) is 0.542. The Morgan fingerprint density at radius 3 is 2.78 bits per heavy atom. The molecule has 1 aromatic carbocycles. The molecule has 1 saturated heterocycles. The van der Waals surface area contributed by atoms with Crippen LogP contribution in [0.15, 0.2) is 30.5 Å². The minimum absolute atomic E-state index is 0.399. The summed E-state index contributed by atoms with van der Waals surface area (Å²) in [5.41, 5.74) is 1.24. The molecule has 1 aliphatic rings. The van der Waals surface area contributed by atoms with Gasteiger partial charge in [-0.2, -0.15) is 0 Å². The lowest BCUT2D eigenvalue weighted by molar-refractivity contribution is -0.148. The first-order valence-corrected chi connectivity index (χ1v) is 11.4. The number of ether oxygens (including phenoxy) is 2. The number of amides is 1. The maximum Gasteiger partial charge on any atom is 0.411 e. The summed E-state index contributed by atoms with van der Waals surface area (Å²) >= 11 is 0. The second kappa shape index (κ2) is 11.7. The normalized spacial score (nSPS) is 18.9. The van der Waals surface area contributed by atoms with Crippen molar-refractivity contribution in [3.8, 4) is 5.75 Å². The zero-order chi connectivity index (χ0) is 22.9. The van der Waals surface area contributed by atoms with Gasteiger partial charge in [0.1, 0.15) is 17.8 Å². The molecule has 2 aromatic rings. The maximum atomic E-state index is 12.6. The number of carbonyl (C=O) groups excluding carboxylic acids is 1. The number of nitrogens with zero attached hydrogens (tertiary/aromatic N) is 2. The third kappa shape index (κ3) is 6.32. The molecule has 2 N–H and O–H groups in total. The largest absolute Gasteiger partial charge is 0.497 e.